The van der Waals surface area contributed by atoms with E-state index in [0.717, 1.165) is 12.2 Å². The van der Waals surface area contributed by atoms with Crippen molar-refractivity contribution in [3.63, 3.8) is 0 Å². The van der Waals surface area contributed by atoms with E-state index in [-0.39, 0.29) is 219 Å². The number of nitrogens with two attached hydrogens (primary N) is 4. The molecule has 13 amide bonds. The van der Waals surface area contributed by atoms with E-state index in [9.17, 15) is 87.2 Å². The van der Waals surface area contributed by atoms with Gasteiger partial charge in [-0.05, 0) is 175 Å². The average Bonchev–Trinajstić information content (AvgIpc) is 1.13. The van der Waals surface area contributed by atoms with Gasteiger partial charge in [0.25, 0.3) is 0 Å². The quantitative estimate of drug-likeness (QED) is 0.00807. The lowest BCUT2D eigenvalue weighted by molar-refractivity contribution is -0.142. The highest BCUT2D eigenvalue weighted by atomic mass is 35.5. The molecular weight excluding hydrogens is 1760 g/mol. The van der Waals surface area contributed by atoms with E-state index in [2.05, 4.69) is 100 Å². The van der Waals surface area contributed by atoms with E-state index >= 15 is 0 Å². The molecule has 132 heavy (non-hydrogen) atoms. The van der Waals surface area contributed by atoms with Gasteiger partial charge in [0, 0.05) is 90.9 Å². The first-order chi connectivity index (χ1) is 62.7. The number of hydrogen-bond donors (Lipinski definition) is 26. The van der Waals surface area contributed by atoms with Crippen molar-refractivity contribution in [2.75, 3.05) is 55.7 Å². The van der Waals surface area contributed by atoms with Gasteiger partial charge in [-0.2, -0.15) is 26.7 Å². The molecule has 3 aromatic rings. The maximum Gasteiger partial charge on any atom is 0.336 e. The lowest BCUT2D eigenvalue weighted by atomic mass is 9.90. The van der Waals surface area contributed by atoms with Crippen molar-refractivity contribution in [1.29, 1.82) is 16.2 Å². The largest absolute Gasteiger partial charge is 0.508 e. The van der Waals surface area contributed by atoms with E-state index in [1.54, 1.807) is 51.6 Å². The molecule has 5 aliphatic rings. The van der Waals surface area contributed by atoms with Gasteiger partial charge in [0.2, 0.25) is 82.2 Å². The number of aromatic hydroxyl groups is 1. The molecule has 1 aliphatic carbocycles. The molecule has 12 atom stereocenters. The molecule has 3 unspecified atom stereocenters. The zero-order valence-electron chi connectivity index (χ0n) is 73.9. The molecule has 0 radical (unpaired) electrons. The molecule has 3 fully saturated rings. The number of carbonyl (C=O) groups excluding carboxylic acids is 12. The number of aromatic carboxylic acids is 1. The van der Waals surface area contributed by atoms with Gasteiger partial charge in [0.05, 0.1) is 24.2 Å². The van der Waals surface area contributed by atoms with Crippen molar-refractivity contribution < 1.29 is 86.9 Å². The fraction of sp³-hybridized carbons (Fsp3) is 0.536. The van der Waals surface area contributed by atoms with Gasteiger partial charge in [0.15, 0.2) is 23.3 Å². The number of fused-ring (bicyclic) bond motifs is 3. The number of unbranched alkanes of at least 4 members (excludes halogenated alkanes) is 2. The number of phenolic OH excluding ortho intramolecular Hbond substituents is 1. The summed E-state index contributed by atoms with van der Waals surface area (Å²) in [6.45, 7) is 8.12. The number of nitrogens with zero attached hydrogens (tertiary/aromatic N) is 4. The molecule has 1 aromatic heterocycles. The van der Waals surface area contributed by atoms with Crippen LogP contribution < -0.4 is 113 Å². The van der Waals surface area contributed by atoms with E-state index in [4.69, 9.17) is 55.2 Å². The Morgan fingerprint density at radius 1 is 0.576 bits per heavy atom. The second-order valence-corrected chi connectivity index (χ2v) is 34.9. The number of likely N-dealkylation sites (tertiary alicyclic amines) is 1. The Kier molecular flexibility index (Phi) is 39.7. The van der Waals surface area contributed by atoms with Crippen molar-refractivity contribution in [2.24, 2.45) is 34.8 Å². The Morgan fingerprint density at radius 3 is 1.78 bits per heavy atom. The molecule has 2 aromatic carbocycles. The van der Waals surface area contributed by atoms with Gasteiger partial charge in [0.1, 0.15) is 71.5 Å². The summed E-state index contributed by atoms with van der Waals surface area (Å²) < 4.78 is 5.97. The number of hydrogen-bond acceptors (Lipinski definition) is 26. The van der Waals surface area contributed by atoms with Gasteiger partial charge in [-0.1, -0.05) is 40.2 Å². The maximum atomic E-state index is 14.8. The number of aliphatic carboxylic acids is 1. The highest BCUT2D eigenvalue weighted by Crippen LogP contribution is 2.43. The van der Waals surface area contributed by atoms with Gasteiger partial charge >= 0.3 is 18.0 Å². The first-order valence-electron chi connectivity index (χ1n) is 43.6. The minimum Gasteiger partial charge on any atom is -0.508 e. The summed E-state index contributed by atoms with van der Waals surface area (Å²) in [6.07, 6.45) is 1.97. The van der Waals surface area contributed by atoms with E-state index in [1.807, 2.05) is 0 Å². The first-order valence-corrected chi connectivity index (χ1v) is 45.1. The van der Waals surface area contributed by atoms with Gasteiger partial charge < -0.3 is 133 Å². The average molecular weight is 1880 g/mol. The van der Waals surface area contributed by atoms with E-state index in [1.165, 1.54) is 54.3 Å². The monoisotopic (exact) mass is 1880 g/mol. The minimum atomic E-state index is -1.64. The summed E-state index contributed by atoms with van der Waals surface area (Å²) in [5, 5.41) is 96.8. The summed E-state index contributed by atoms with van der Waals surface area (Å²) in [6, 6.07) is 0.227. The number of phenols is 1. The predicted octanol–water partition coefficient (Wildman–Crippen LogP) is 0.0962. The van der Waals surface area contributed by atoms with Crippen LogP contribution in [0, 0.1) is 28.1 Å². The Labute approximate surface area is 769 Å². The molecule has 3 saturated heterocycles. The van der Waals surface area contributed by atoms with Crippen LogP contribution in [0.25, 0.3) is 33.4 Å². The Bertz CT molecular complexity index is 5050. The van der Waals surface area contributed by atoms with Gasteiger partial charge in [-0.15, -0.1) is 0 Å². The summed E-state index contributed by atoms with van der Waals surface area (Å²) in [5.74, 6) is -12.9. The third-order valence-electron chi connectivity index (χ3n) is 21.9. The maximum absolute atomic E-state index is 14.8. The zero-order chi connectivity index (χ0) is 96.6. The van der Waals surface area contributed by atoms with Crippen LogP contribution in [0.5, 0.6) is 5.75 Å². The van der Waals surface area contributed by atoms with Crippen LogP contribution in [0.3, 0.4) is 0 Å². The van der Waals surface area contributed by atoms with Crippen LogP contribution in [-0.4, -0.2) is 253 Å². The Balaban J connectivity index is 0.962. The summed E-state index contributed by atoms with van der Waals surface area (Å²) in [7, 11) is 0. The zero-order valence-corrected chi connectivity index (χ0v) is 75.5. The Hall–Kier alpha value is -13.6. The number of thioether (sulfide) groups is 1. The first kappa shape index (κ1) is 104. The molecule has 30 N–H and O–H groups in total. The Morgan fingerprint density at radius 2 is 1.15 bits per heavy atom. The number of benzene rings is 3. The molecule has 718 valence electrons. The molecular formula is C84H120ClN27O19S. The summed E-state index contributed by atoms with van der Waals surface area (Å²) in [4.78, 5) is 219. The number of carbonyl (C=O) groups is 14. The van der Waals surface area contributed by atoms with E-state index in [0.29, 0.717) is 42.2 Å². The fourth-order valence-electron chi connectivity index (χ4n) is 15.4. The molecule has 0 bridgehead atoms. The number of primary amides is 1. The van der Waals surface area contributed by atoms with Crippen LogP contribution in [-0.2, 0) is 57.5 Å². The number of carboxylic acid groups (broad SMARTS) is 2. The number of rotatable bonds is 53. The van der Waals surface area contributed by atoms with Crippen molar-refractivity contribution in [1.82, 2.24) is 94.3 Å². The summed E-state index contributed by atoms with van der Waals surface area (Å²) >= 11 is 8.19. The van der Waals surface area contributed by atoms with Crippen molar-refractivity contribution in [3.05, 3.63) is 75.7 Å². The third-order valence-corrected chi connectivity index (χ3v) is 23.5. The molecule has 8 rings (SSSR count). The van der Waals surface area contributed by atoms with Crippen LogP contribution >= 0.6 is 23.4 Å². The molecule has 46 nitrogen and oxygen atoms in total. The number of guanidine groups is 3. The predicted molar refractivity (Wildman–Crippen MR) is 489 cm³/mol. The topological polar surface area (TPSA) is 740 Å². The third kappa shape index (κ3) is 32.5. The number of aromatic nitrogens is 3. The number of carboxylic acids is 2. The number of urea groups is 1. The number of halogens is 1. The number of anilines is 3. The highest BCUT2D eigenvalue weighted by molar-refractivity contribution is 8.00. The molecule has 4 aliphatic heterocycles. The van der Waals surface area contributed by atoms with Gasteiger partial charge in [-0.25, -0.2) is 9.59 Å². The van der Waals surface area contributed by atoms with Crippen LogP contribution in [0.15, 0.2) is 63.8 Å². The summed E-state index contributed by atoms with van der Waals surface area (Å²) in [5.41, 5.74) is 22.8. The fourth-order valence-corrected chi connectivity index (χ4v) is 17.1. The van der Waals surface area contributed by atoms with Crippen LogP contribution in [0.1, 0.15) is 167 Å². The molecule has 0 saturated carbocycles. The second kappa shape index (κ2) is 50.5. The number of amides is 13. The van der Waals surface area contributed by atoms with Gasteiger partial charge in [-0.3, -0.25) is 78.6 Å². The molecule has 5 heterocycles. The van der Waals surface area contributed by atoms with Crippen molar-refractivity contribution in [2.45, 2.75) is 228 Å². The van der Waals surface area contributed by atoms with Crippen LogP contribution in [0.2, 0.25) is 5.28 Å². The molecule has 0 spiro atoms. The van der Waals surface area contributed by atoms with Crippen molar-refractivity contribution in [3.8, 4) is 28.2 Å². The SMILES string of the molecule is CC(C)C[C@H](NC(=O)CNC(=O)[C@H](CC(C)C)NC(=O)[C@H]1CCCN1C(=O)[C@H](CCCNC(=N)N)NC(=O)CCCCC1SCC2NC(=O)NC21)C(=O)N[C@H](CCCCNc1nc(Cl)nc(Nc2ccc(-c3c4ccc(=O)cc-4oc4cc(O)ccc34)c(C(=O)O)c2)n1)C(=O)N[C@@H](C)C(=O)N[C@H](CCCNC(=N)N)C(=O)N[C@@H](CCC(=O)O)C(=O)N[C@H](CCCNC(=N)N)C(N)=O. The smallest absolute Gasteiger partial charge is 0.336 e. The lowest BCUT2D eigenvalue weighted by Gasteiger charge is -2.30. The van der Waals surface area contributed by atoms with E-state index < -0.39 is 151 Å². The minimum absolute atomic E-state index is 0.000772. The second-order valence-electron chi connectivity index (χ2n) is 33.3. The molecule has 48 heteroatoms. The lowest BCUT2D eigenvalue weighted by Crippen LogP contribution is -2.59. The van der Waals surface area contributed by atoms with Crippen LogP contribution in [0.4, 0.5) is 22.4 Å². The standard InChI is InChI=1S/C84H120ClN27O19S/c1-41(2)34-56(106-75(126)59-18-13-33-112(59)76(127)55(17-12-32-95-81(91)92)100-63(115)20-7-6-19-62-67-58(40-132-62)107-84(130)108-67)70(121)97-39-64(116)101-57(35-42(3)4)74(125)104-52(71(122)98-43(5)69(120)103-53(16-11-31-94-80(89)90)72(123)105-54(27-28-65(117)118)73(124)102-51(68(86)119)15-10-30-93-79(87)88)14-8-9-29-96-82-109-78(85)110-83(111-82)99-44-21-24-47(50(36-44)77(128)129)66-48-25-22-45(113)37-60(48)131-61-38-46(114)23-26-49(61)66/h21-26,36-38,41-43,51-59,62,67,113H,6-20,27-35,39-40H2,1-5H3,(H2,86,119)(H,97,121)(H,98,122)(H,100,115)(H,101,116)(H,102,124)(H,103,120)(H,104,125)(H,105,123)(H,106,126)(H,117,118)(H,128,129)(H4,87,88,93)(H4,89,90,94)(H4,91,92,95)(H2,107,108,130)(H2,96,99,109,110,111)/t43-,51+,52+,53+,54-,55-,56-,57-,58?,59+,62?,67?/m0/s1. The highest BCUT2D eigenvalue weighted by Gasteiger charge is 2.44. The number of nitrogens with one attached hydrogen (secondary N) is 19. The van der Waals surface area contributed by atoms with Crippen molar-refractivity contribution >= 4 is 153 Å². The normalized spacial score (nSPS) is 16.8.